The first-order valence-corrected chi connectivity index (χ1v) is 11.0. The second-order valence-corrected chi connectivity index (χ2v) is 8.97. The summed E-state index contributed by atoms with van der Waals surface area (Å²) in [5, 5.41) is 9.07. The van der Waals surface area contributed by atoms with E-state index in [0.29, 0.717) is 24.6 Å². The number of benzene rings is 2. The van der Waals surface area contributed by atoms with E-state index in [2.05, 4.69) is 20.9 Å². The largest absolute Gasteiger partial charge is 0.356 e. The first-order chi connectivity index (χ1) is 14.3. The summed E-state index contributed by atoms with van der Waals surface area (Å²) in [7, 11) is 2.89. The minimum Gasteiger partial charge on any atom is -0.356 e. The minimum atomic E-state index is -3.43. The van der Waals surface area contributed by atoms with Crippen LogP contribution in [0.15, 0.2) is 58.4 Å². The number of halogens is 1. The van der Waals surface area contributed by atoms with Crippen LogP contribution in [0.5, 0.6) is 0 Å². The van der Waals surface area contributed by atoms with Crippen LogP contribution in [0.25, 0.3) is 0 Å². The van der Waals surface area contributed by atoms with Gasteiger partial charge in [0.2, 0.25) is 10.0 Å². The van der Waals surface area contributed by atoms with Crippen molar-refractivity contribution >= 4 is 45.9 Å². The molecule has 0 heterocycles. The van der Waals surface area contributed by atoms with E-state index >= 15 is 0 Å². The summed E-state index contributed by atoms with van der Waals surface area (Å²) in [5.74, 6) is 0.536. The molecule has 0 atom stereocenters. The van der Waals surface area contributed by atoms with E-state index in [4.69, 9.17) is 0 Å². The van der Waals surface area contributed by atoms with Crippen molar-refractivity contribution in [3.05, 3.63) is 65.2 Å². The summed E-state index contributed by atoms with van der Waals surface area (Å²) in [6.07, 6.45) is 0.739. The fourth-order valence-electron chi connectivity index (χ4n) is 2.73. The number of hydrogen-bond acceptors (Lipinski definition) is 4. The Labute approximate surface area is 201 Å². The van der Waals surface area contributed by atoms with Gasteiger partial charge in [0.15, 0.2) is 5.96 Å². The van der Waals surface area contributed by atoms with Gasteiger partial charge in [-0.15, -0.1) is 24.0 Å². The Balaban J connectivity index is 0.00000480. The molecule has 0 spiro atoms. The van der Waals surface area contributed by atoms with Gasteiger partial charge in [-0.25, -0.2) is 12.7 Å². The average Bonchev–Trinajstić information content (AvgIpc) is 2.75. The van der Waals surface area contributed by atoms with Crippen LogP contribution in [0.3, 0.4) is 0 Å². The number of amides is 1. The van der Waals surface area contributed by atoms with Gasteiger partial charge in [0, 0.05) is 46.8 Å². The second kappa shape index (κ2) is 12.6. The predicted molar refractivity (Wildman–Crippen MR) is 134 cm³/mol. The molecule has 3 N–H and O–H groups in total. The number of carbonyl (C=O) groups excluding carboxylic acids is 1. The molecule has 2 aromatic rings. The molecule has 170 valence electrons. The predicted octanol–water partition coefficient (Wildman–Crippen LogP) is 1.82. The minimum absolute atomic E-state index is 0. The van der Waals surface area contributed by atoms with Crippen LogP contribution < -0.4 is 16.0 Å². The standard InChI is InChI=1S/C21H29N5O3S.HI/c1-22-20(27)18-7-5-6-16(14-18)12-13-24-21(23-2)25-15-17-8-10-19(11-9-17)30(28,29)26(3)4;/h5-11,14H,12-13,15H2,1-4H3,(H,22,27)(H2,23,24,25);1H. The smallest absolute Gasteiger partial charge is 0.251 e. The number of hydrogen-bond donors (Lipinski definition) is 3. The van der Waals surface area contributed by atoms with Crippen molar-refractivity contribution in [2.75, 3.05) is 34.7 Å². The van der Waals surface area contributed by atoms with Gasteiger partial charge < -0.3 is 16.0 Å². The lowest BCUT2D eigenvalue weighted by atomic mass is 10.1. The zero-order chi connectivity index (χ0) is 22.1. The van der Waals surface area contributed by atoms with Crippen molar-refractivity contribution in [3.63, 3.8) is 0 Å². The topological polar surface area (TPSA) is 103 Å². The van der Waals surface area contributed by atoms with E-state index in [9.17, 15) is 13.2 Å². The molecule has 10 heteroatoms. The van der Waals surface area contributed by atoms with Crippen LogP contribution in [0.4, 0.5) is 0 Å². The summed E-state index contributed by atoms with van der Waals surface area (Å²) in [6, 6.07) is 14.3. The highest BCUT2D eigenvalue weighted by molar-refractivity contribution is 14.0. The van der Waals surface area contributed by atoms with Crippen LogP contribution in [-0.4, -0.2) is 59.3 Å². The molecule has 2 rings (SSSR count). The van der Waals surface area contributed by atoms with Gasteiger partial charge in [0.1, 0.15) is 0 Å². The summed E-state index contributed by atoms with van der Waals surface area (Å²) < 4.78 is 25.4. The molecular formula is C21H30IN5O3S. The van der Waals surface area contributed by atoms with Crippen LogP contribution >= 0.6 is 24.0 Å². The third kappa shape index (κ3) is 7.78. The van der Waals surface area contributed by atoms with Crippen LogP contribution in [0.2, 0.25) is 0 Å². The Morgan fingerprint density at radius 1 is 1.03 bits per heavy atom. The van der Waals surface area contributed by atoms with Gasteiger partial charge in [0.05, 0.1) is 4.90 Å². The summed E-state index contributed by atoms with van der Waals surface area (Å²) in [4.78, 5) is 16.2. The van der Waals surface area contributed by atoms with E-state index in [1.165, 1.54) is 18.4 Å². The SMILES string of the molecule is CN=C(NCCc1cccc(C(=O)NC)c1)NCc1ccc(S(=O)(=O)N(C)C)cc1.I. The first kappa shape index (κ1) is 26.9. The monoisotopic (exact) mass is 559 g/mol. The van der Waals surface area contributed by atoms with Gasteiger partial charge in [-0.1, -0.05) is 24.3 Å². The molecule has 2 aromatic carbocycles. The zero-order valence-corrected chi connectivity index (χ0v) is 21.3. The maximum atomic E-state index is 12.1. The summed E-state index contributed by atoms with van der Waals surface area (Å²) in [6.45, 7) is 1.16. The maximum absolute atomic E-state index is 12.1. The van der Waals surface area contributed by atoms with E-state index in [1.807, 2.05) is 18.2 Å². The molecule has 0 aliphatic heterocycles. The van der Waals surface area contributed by atoms with E-state index in [-0.39, 0.29) is 34.8 Å². The van der Waals surface area contributed by atoms with Crippen molar-refractivity contribution in [1.82, 2.24) is 20.3 Å². The van der Waals surface area contributed by atoms with Crippen molar-refractivity contribution in [3.8, 4) is 0 Å². The molecule has 0 saturated carbocycles. The van der Waals surface area contributed by atoms with Gasteiger partial charge in [-0.3, -0.25) is 9.79 Å². The van der Waals surface area contributed by atoms with Crippen molar-refractivity contribution < 1.29 is 13.2 Å². The van der Waals surface area contributed by atoms with Gasteiger partial charge in [-0.2, -0.15) is 0 Å². The number of rotatable bonds is 8. The highest BCUT2D eigenvalue weighted by Gasteiger charge is 2.16. The second-order valence-electron chi connectivity index (χ2n) is 6.81. The number of sulfonamides is 1. The number of guanidine groups is 1. The molecule has 0 bridgehead atoms. The van der Waals surface area contributed by atoms with E-state index in [0.717, 1.165) is 17.5 Å². The molecule has 0 unspecified atom stereocenters. The fourth-order valence-corrected chi connectivity index (χ4v) is 3.64. The van der Waals surface area contributed by atoms with Crippen LogP contribution in [0, 0.1) is 0 Å². The molecular weight excluding hydrogens is 529 g/mol. The van der Waals surface area contributed by atoms with E-state index in [1.54, 1.807) is 44.4 Å². The Hall–Kier alpha value is -2.18. The Kier molecular flexibility index (Phi) is 10.9. The first-order valence-electron chi connectivity index (χ1n) is 9.55. The molecule has 0 aromatic heterocycles. The third-order valence-electron chi connectivity index (χ3n) is 4.51. The number of nitrogens with zero attached hydrogens (tertiary/aromatic N) is 2. The average molecular weight is 559 g/mol. The quantitative estimate of drug-likeness (QED) is 0.260. The van der Waals surface area contributed by atoms with Crippen molar-refractivity contribution in [2.45, 2.75) is 17.9 Å². The van der Waals surface area contributed by atoms with Gasteiger partial charge in [0.25, 0.3) is 5.91 Å². The normalized spacial score (nSPS) is 11.6. The van der Waals surface area contributed by atoms with Crippen molar-refractivity contribution in [2.24, 2.45) is 4.99 Å². The maximum Gasteiger partial charge on any atom is 0.251 e. The van der Waals surface area contributed by atoms with Gasteiger partial charge in [-0.05, 0) is 41.8 Å². The molecule has 0 fully saturated rings. The number of aliphatic imine (C=N–C) groups is 1. The van der Waals surface area contributed by atoms with Gasteiger partial charge >= 0.3 is 0 Å². The van der Waals surface area contributed by atoms with E-state index < -0.39 is 10.0 Å². The fraction of sp³-hybridized carbons (Fsp3) is 0.333. The number of carbonyl (C=O) groups is 1. The Bertz CT molecular complexity index is 992. The molecule has 0 saturated heterocycles. The summed E-state index contributed by atoms with van der Waals surface area (Å²) in [5.41, 5.74) is 2.63. The van der Waals surface area contributed by atoms with Crippen LogP contribution in [-0.2, 0) is 23.0 Å². The number of nitrogens with one attached hydrogen (secondary N) is 3. The Morgan fingerprint density at radius 3 is 2.29 bits per heavy atom. The Morgan fingerprint density at radius 2 is 1.71 bits per heavy atom. The summed E-state index contributed by atoms with van der Waals surface area (Å²) >= 11 is 0. The molecule has 1 amide bonds. The zero-order valence-electron chi connectivity index (χ0n) is 18.2. The van der Waals surface area contributed by atoms with Crippen molar-refractivity contribution in [1.29, 1.82) is 0 Å². The highest BCUT2D eigenvalue weighted by Crippen LogP contribution is 2.13. The molecule has 31 heavy (non-hydrogen) atoms. The lowest BCUT2D eigenvalue weighted by Gasteiger charge is -2.14. The molecule has 0 aliphatic carbocycles. The molecule has 0 aliphatic rings. The molecule has 0 radical (unpaired) electrons. The lowest BCUT2D eigenvalue weighted by molar-refractivity contribution is 0.0963. The van der Waals surface area contributed by atoms with Crippen LogP contribution in [0.1, 0.15) is 21.5 Å². The lowest BCUT2D eigenvalue weighted by Crippen LogP contribution is -2.37. The third-order valence-corrected chi connectivity index (χ3v) is 6.34. The highest BCUT2D eigenvalue weighted by atomic mass is 127. The molecule has 8 nitrogen and oxygen atoms in total.